The van der Waals surface area contributed by atoms with E-state index < -0.39 is 18.0 Å². The van der Waals surface area contributed by atoms with Crippen LogP contribution in [0, 0.1) is 5.92 Å². The van der Waals surface area contributed by atoms with Gasteiger partial charge < -0.3 is 30.1 Å². The number of nitrogens with zero attached hydrogens (tertiary/aromatic N) is 2. The number of β-lactam (4-membered cyclic amide) rings is 1. The van der Waals surface area contributed by atoms with Gasteiger partial charge in [0, 0.05) is 36.2 Å². The van der Waals surface area contributed by atoms with Crippen LogP contribution in [-0.4, -0.2) is 94.1 Å². The highest BCUT2D eigenvalue weighted by Crippen LogP contribution is 2.48. The molecule has 0 radical (unpaired) electrons. The van der Waals surface area contributed by atoms with Crippen LogP contribution in [0.15, 0.2) is 10.6 Å². The van der Waals surface area contributed by atoms with Crippen LogP contribution in [0.3, 0.4) is 0 Å². The van der Waals surface area contributed by atoms with Crippen molar-refractivity contribution in [3.05, 3.63) is 10.6 Å². The predicted molar refractivity (Wildman–Crippen MR) is 100 cm³/mol. The zero-order chi connectivity index (χ0) is 20.0. The Morgan fingerprint density at radius 3 is 2.68 bits per heavy atom. The highest BCUT2D eigenvalue weighted by Gasteiger charge is 2.57. The molecule has 4 aliphatic heterocycles. The number of fused-ring (bicyclic) bond motifs is 1. The smallest absolute Gasteiger partial charge is 0.353 e. The molecule has 0 aromatic heterocycles. The Kier molecular flexibility index (Phi) is 5.38. The molecule has 3 N–H and O–H groups in total. The molecule has 0 bridgehead atoms. The van der Waals surface area contributed by atoms with Crippen molar-refractivity contribution in [3.8, 4) is 0 Å². The van der Waals surface area contributed by atoms with E-state index in [1.165, 1.54) is 16.7 Å². The molecule has 154 valence electrons. The van der Waals surface area contributed by atoms with Crippen LogP contribution < -0.4 is 5.32 Å². The van der Waals surface area contributed by atoms with Crippen molar-refractivity contribution in [2.24, 2.45) is 5.92 Å². The molecular formula is C18H25N3O6S. The number of aliphatic hydroxyl groups excluding tert-OH is 1. The molecule has 0 unspecified atom stereocenters. The summed E-state index contributed by atoms with van der Waals surface area (Å²) in [5.74, 6) is -1.91. The van der Waals surface area contributed by atoms with E-state index in [9.17, 15) is 24.6 Å². The number of aliphatic hydroxyl groups is 1. The fraction of sp³-hybridized carbons (Fsp3) is 0.722. The van der Waals surface area contributed by atoms with Gasteiger partial charge in [-0.1, -0.05) is 0 Å². The number of morpholine rings is 1. The molecule has 5 atom stereocenters. The quantitative estimate of drug-likeness (QED) is 0.504. The van der Waals surface area contributed by atoms with Crippen molar-refractivity contribution in [3.63, 3.8) is 0 Å². The lowest BCUT2D eigenvalue weighted by molar-refractivity contribution is -0.161. The van der Waals surface area contributed by atoms with E-state index in [1.54, 1.807) is 6.92 Å². The topological polar surface area (TPSA) is 119 Å². The first kappa shape index (κ1) is 19.7. The number of carboxylic acids is 1. The van der Waals surface area contributed by atoms with Gasteiger partial charge in [0.2, 0.25) is 11.8 Å². The minimum atomic E-state index is -1.12. The lowest BCUT2D eigenvalue weighted by atomic mass is 9.83. The molecular weight excluding hydrogens is 386 g/mol. The van der Waals surface area contributed by atoms with E-state index in [4.69, 9.17) is 4.74 Å². The van der Waals surface area contributed by atoms with E-state index in [1.807, 2.05) is 4.90 Å². The summed E-state index contributed by atoms with van der Waals surface area (Å²) < 4.78 is 5.29. The third-order valence-electron chi connectivity index (χ3n) is 5.91. The van der Waals surface area contributed by atoms with Crippen LogP contribution in [0.5, 0.6) is 0 Å². The van der Waals surface area contributed by atoms with E-state index in [2.05, 4.69) is 5.32 Å². The number of aliphatic carboxylic acids is 1. The molecule has 0 spiro atoms. The Morgan fingerprint density at radius 2 is 2.04 bits per heavy atom. The first-order chi connectivity index (χ1) is 13.4. The van der Waals surface area contributed by atoms with Gasteiger partial charge in [0.15, 0.2) is 0 Å². The zero-order valence-corrected chi connectivity index (χ0v) is 16.5. The van der Waals surface area contributed by atoms with Crippen molar-refractivity contribution in [2.75, 3.05) is 32.8 Å². The summed E-state index contributed by atoms with van der Waals surface area (Å²) in [6, 6.07) is -0.545. The van der Waals surface area contributed by atoms with Gasteiger partial charge in [-0.2, -0.15) is 0 Å². The van der Waals surface area contributed by atoms with Gasteiger partial charge in [0.1, 0.15) is 5.70 Å². The van der Waals surface area contributed by atoms with Crippen LogP contribution in [-0.2, 0) is 19.1 Å². The lowest BCUT2D eigenvalue weighted by Crippen LogP contribution is -2.61. The van der Waals surface area contributed by atoms with Gasteiger partial charge in [-0.25, -0.2) is 4.79 Å². The Labute approximate surface area is 167 Å². The largest absolute Gasteiger partial charge is 0.477 e. The SMILES string of the molecule is C[C@@H](O)[C@@H]1C(=O)N2C(C(=O)O)=C(S[C@H]3CN[C@@H](C(=O)N4CCOCC4)C3)C[C@H]12. The highest BCUT2D eigenvalue weighted by molar-refractivity contribution is 8.03. The number of nitrogens with one attached hydrogen (secondary N) is 1. The molecule has 0 aromatic rings. The standard InChI is InChI=1S/C18H25N3O6S/c1-9(22)14-12-7-13(15(18(25)26)21(12)17(14)24)28-10-6-11(19-8-10)16(23)20-2-4-27-5-3-20/h9-12,14,19,22H,2-8H2,1H3,(H,25,26)/t9-,10-,11-,12-,14+/m1/s1. The third kappa shape index (κ3) is 3.32. The maximum Gasteiger partial charge on any atom is 0.353 e. The molecule has 0 aliphatic carbocycles. The Balaban J connectivity index is 1.41. The van der Waals surface area contributed by atoms with Gasteiger partial charge in [-0.05, 0) is 13.3 Å². The third-order valence-corrected chi connectivity index (χ3v) is 7.25. The number of amides is 2. The fourth-order valence-electron chi connectivity index (χ4n) is 4.52. The van der Waals surface area contributed by atoms with Crippen molar-refractivity contribution in [2.45, 2.75) is 43.2 Å². The van der Waals surface area contributed by atoms with Crippen LogP contribution in [0.1, 0.15) is 19.8 Å². The van der Waals surface area contributed by atoms with E-state index in [-0.39, 0.29) is 34.8 Å². The number of hydrogen-bond acceptors (Lipinski definition) is 7. The maximum atomic E-state index is 12.6. The molecule has 3 fully saturated rings. The molecule has 2 amide bonds. The predicted octanol–water partition coefficient (Wildman–Crippen LogP) is -0.783. The van der Waals surface area contributed by atoms with Gasteiger partial charge in [0.25, 0.3) is 0 Å². The second-order valence-electron chi connectivity index (χ2n) is 7.70. The summed E-state index contributed by atoms with van der Waals surface area (Å²) in [5.41, 5.74) is 0.0415. The molecule has 10 heteroatoms. The van der Waals surface area contributed by atoms with E-state index >= 15 is 0 Å². The zero-order valence-electron chi connectivity index (χ0n) is 15.7. The number of carbonyl (C=O) groups is 3. The average molecular weight is 411 g/mol. The molecule has 3 saturated heterocycles. The van der Waals surface area contributed by atoms with E-state index in [0.717, 1.165) is 0 Å². The second kappa shape index (κ2) is 7.66. The number of thioether (sulfide) groups is 1. The van der Waals surface area contributed by atoms with Gasteiger partial charge in [-0.3, -0.25) is 9.59 Å². The molecule has 4 aliphatic rings. The Morgan fingerprint density at radius 1 is 1.32 bits per heavy atom. The van der Waals surface area contributed by atoms with Crippen molar-refractivity contribution in [1.82, 2.24) is 15.1 Å². The molecule has 4 rings (SSSR count). The van der Waals surface area contributed by atoms with Crippen LogP contribution in [0.25, 0.3) is 0 Å². The van der Waals surface area contributed by atoms with Crippen molar-refractivity contribution < 1.29 is 29.3 Å². The summed E-state index contributed by atoms with van der Waals surface area (Å²) >= 11 is 1.45. The van der Waals surface area contributed by atoms with Gasteiger partial charge in [-0.15, -0.1) is 11.8 Å². The summed E-state index contributed by atoms with van der Waals surface area (Å²) in [4.78, 5) is 40.5. The van der Waals surface area contributed by atoms with Crippen LogP contribution in [0.4, 0.5) is 0 Å². The van der Waals surface area contributed by atoms with Crippen molar-refractivity contribution >= 4 is 29.5 Å². The summed E-state index contributed by atoms with van der Waals surface area (Å²) in [6.07, 6.45) is 0.277. The molecule has 0 aromatic carbocycles. The van der Waals surface area contributed by atoms with E-state index in [0.29, 0.717) is 50.6 Å². The number of hydrogen-bond donors (Lipinski definition) is 3. The molecule has 9 nitrogen and oxygen atoms in total. The first-order valence-electron chi connectivity index (χ1n) is 9.62. The molecule has 0 saturated carbocycles. The summed E-state index contributed by atoms with van der Waals surface area (Å²) in [6.45, 7) is 4.49. The maximum absolute atomic E-state index is 12.6. The lowest BCUT2D eigenvalue weighted by Gasteiger charge is -2.44. The minimum Gasteiger partial charge on any atom is -0.477 e. The summed E-state index contributed by atoms with van der Waals surface area (Å²) in [7, 11) is 0. The van der Waals surface area contributed by atoms with Gasteiger partial charge in [0.05, 0.1) is 37.3 Å². The Bertz CT molecular complexity index is 720. The van der Waals surface area contributed by atoms with Crippen LogP contribution >= 0.6 is 11.8 Å². The fourth-order valence-corrected chi connectivity index (χ4v) is 5.96. The van der Waals surface area contributed by atoms with Crippen molar-refractivity contribution in [1.29, 1.82) is 0 Å². The first-order valence-corrected chi connectivity index (χ1v) is 10.5. The minimum absolute atomic E-state index is 0.0415. The number of carboxylic acid groups (broad SMARTS) is 1. The molecule has 4 heterocycles. The second-order valence-corrected chi connectivity index (χ2v) is 9.09. The number of ether oxygens (including phenoxy) is 1. The average Bonchev–Trinajstić information content (AvgIpc) is 3.25. The number of carbonyl (C=O) groups excluding carboxylic acids is 2. The summed E-state index contributed by atoms with van der Waals surface area (Å²) in [5, 5.41) is 22.8. The normalized spacial score (nSPS) is 33.7. The van der Waals surface area contributed by atoms with Crippen LogP contribution in [0.2, 0.25) is 0 Å². The number of rotatable bonds is 5. The Hall–Kier alpha value is -1.62. The van der Waals surface area contributed by atoms with Gasteiger partial charge >= 0.3 is 5.97 Å². The molecule has 28 heavy (non-hydrogen) atoms. The highest BCUT2D eigenvalue weighted by atomic mass is 32.2. The monoisotopic (exact) mass is 411 g/mol.